The minimum Gasteiger partial charge on any atom is -0.0651 e. The Morgan fingerprint density at radius 1 is 0.938 bits per heavy atom. The van der Waals surface area contributed by atoms with Crippen LogP contribution in [0.15, 0.2) is 0 Å². The Balaban J connectivity index is 2.11. The molecule has 1 aliphatic rings. The topological polar surface area (TPSA) is 0 Å². The fourth-order valence-corrected chi connectivity index (χ4v) is 3.02. The van der Waals surface area contributed by atoms with Gasteiger partial charge in [-0.2, -0.15) is 0 Å². The van der Waals surface area contributed by atoms with Crippen LogP contribution >= 0.6 is 0 Å². The van der Waals surface area contributed by atoms with Gasteiger partial charge in [-0.05, 0) is 30.1 Å². The van der Waals surface area contributed by atoms with Crippen molar-refractivity contribution in [1.82, 2.24) is 0 Å². The van der Waals surface area contributed by atoms with Crippen molar-refractivity contribution < 1.29 is 0 Å². The Morgan fingerprint density at radius 2 is 1.50 bits per heavy atom. The van der Waals surface area contributed by atoms with Crippen molar-refractivity contribution in [2.45, 2.75) is 79.1 Å². The Hall–Kier alpha value is 0. The molecule has 2 atom stereocenters. The summed E-state index contributed by atoms with van der Waals surface area (Å²) < 4.78 is 0. The van der Waals surface area contributed by atoms with Crippen LogP contribution in [0.5, 0.6) is 0 Å². The minimum absolute atomic E-state index is 0.939. The molecule has 16 heavy (non-hydrogen) atoms. The monoisotopic (exact) mass is 224 g/mol. The third-order valence-electron chi connectivity index (χ3n) is 4.72. The van der Waals surface area contributed by atoms with E-state index in [0.29, 0.717) is 0 Å². The van der Waals surface area contributed by atoms with Gasteiger partial charge >= 0.3 is 0 Å². The lowest BCUT2D eigenvalue weighted by atomic mass is 9.78. The molecule has 0 aromatic heterocycles. The van der Waals surface area contributed by atoms with Crippen LogP contribution < -0.4 is 0 Å². The van der Waals surface area contributed by atoms with Crippen LogP contribution in [0.25, 0.3) is 0 Å². The molecule has 0 aliphatic heterocycles. The van der Waals surface area contributed by atoms with E-state index in [2.05, 4.69) is 27.7 Å². The number of hydrogen-bond acceptors (Lipinski definition) is 0. The molecule has 0 saturated heterocycles. The first-order valence-electron chi connectivity index (χ1n) is 7.61. The Morgan fingerprint density at radius 3 is 2.06 bits per heavy atom. The smallest absolute Gasteiger partial charge is 0.0412 e. The standard InChI is InChI=1S/C16H32/c1-5-13(2)6-7-15(4)12-16-10-8-14(3)9-11-16/h13-16H,5-12H2,1-4H3/t13-,14?,15+,16?/m1/s1. The number of rotatable bonds is 6. The second-order valence-electron chi connectivity index (χ2n) is 6.56. The molecule has 0 spiro atoms. The highest BCUT2D eigenvalue weighted by molar-refractivity contribution is 4.72. The second kappa shape index (κ2) is 7.35. The molecule has 0 heteroatoms. The summed E-state index contributed by atoms with van der Waals surface area (Å²) in [6.07, 6.45) is 11.8. The van der Waals surface area contributed by atoms with Crippen molar-refractivity contribution in [3.8, 4) is 0 Å². The second-order valence-corrected chi connectivity index (χ2v) is 6.56. The van der Waals surface area contributed by atoms with E-state index in [0.717, 1.165) is 23.7 Å². The van der Waals surface area contributed by atoms with E-state index in [1.807, 2.05) is 0 Å². The molecule has 0 aromatic carbocycles. The summed E-state index contributed by atoms with van der Waals surface area (Å²) in [5.74, 6) is 3.97. The summed E-state index contributed by atoms with van der Waals surface area (Å²) in [6, 6.07) is 0. The Kier molecular flexibility index (Phi) is 6.46. The summed E-state index contributed by atoms with van der Waals surface area (Å²) in [5.41, 5.74) is 0. The molecular formula is C16H32. The van der Waals surface area contributed by atoms with E-state index >= 15 is 0 Å². The van der Waals surface area contributed by atoms with Gasteiger partial charge in [0, 0.05) is 0 Å². The van der Waals surface area contributed by atoms with Crippen LogP contribution in [0, 0.1) is 23.7 Å². The third kappa shape index (κ3) is 5.37. The Labute approximate surface area is 103 Å². The van der Waals surface area contributed by atoms with Gasteiger partial charge in [-0.3, -0.25) is 0 Å². The fraction of sp³-hybridized carbons (Fsp3) is 1.00. The quantitative estimate of drug-likeness (QED) is 0.545. The minimum atomic E-state index is 0.939. The van der Waals surface area contributed by atoms with Crippen LogP contribution in [0.2, 0.25) is 0 Å². The van der Waals surface area contributed by atoms with Gasteiger partial charge in [0.25, 0.3) is 0 Å². The Bertz CT molecular complexity index is 165. The van der Waals surface area contributed by atoms with Crippen LogP contribution in [0.4, 0.5) is 0 Å². The van der Waals surface area contributed by atoms with Gasteiger partial charge < -0.3 is 0 Å². The maximum Gasteiger partial charge on any atom is -0.0412 e. The van der Waals surface area contributed by atoms with Crippen molar-refractivity contribution in [2.75, 3.05) is 0 Å². The van der Waals surface area contributed by atoms with Crippen LogP contribution in [-0.2, 0) is 0 Å². The summed E-state index contributed by atoms with van der Waals surface area (Å²) in [5, 5.41) is 0. The first-order chi connectivity index (χ1) is 7.61. The molecule has 1 fully saturated rings. The van der Waals surface area contributed by atoms with Crippen molar-refractivity contribution in [3.05, 3.63) is 0 Å². The molecule has 0 bridgehead atoms. The van der Waals surface area contributed by atoms with E-state index in [1.165, 1.54) is 51.4 Å². The highest BCUT2D eigenvalue weighted by atomic mass is 14.3. The van der Waals surface area contributed by atoms with Crippen molar-refractivity contribution in [3.63, 3.8) is 0 Å². The molecule has 0 unspecified atom stereocenters. The van der Waals surface area contributed by atoms with Gasteiger partial charge in [0.15, 0.2) is 0 Å². The summed E-state index contributed by atoms with van der Waals surface area (Å²) >= 11 is 0. The molecule has 96 valence electrons. The first kappa shape index (κ1) is 14.1. The lowest BCUT2D eigenvalue weighted by Gasteiger charge is -2.28. The zero-order chi connectivity index (χ0) is 12.0. The van der Waals surface area contributed by atoms with E-state index in [1.54, 1.807) is 0 Å². The van der Waals surface area contributed by atoms with Gasteiger partial charge in [-0.1, -0.05) is 72.6 Å². The molecule has 0 nitrogen and oxygen atoms in total. The molecule has 0 N–H and O–H groups in total. The summed E-state index contributed by atoms with van der Waals surface area (Å²) in [6.45, 7) is 9.61. The largest absolute Gasteiger partial charge is 0.0651 e. The molecule has 0 radical (unpaired) electrons. The highest BCUT2D eigenvalue weighted by Crippen LogP contribution is 2.33. The molecule has 1 rings (SSSR count). The maximum absolute atomic E-state index is 2.47. The van der Waals surface area contributed by atoms with E-state index in [-0.39, 0.29) is 0 Å². The lowest BCUT2D eigenvalue weighted by Crippen LogP contribution is -2.15. The molecule has 0 aromatic rings. The van der Waals surface area contributed by atoms with Crippen LogP contribution in [0.3, 0.4) is 0 Å². The van der Waals surface area contributed by atoms with Gasteiger partial charge in [-0.25, -0.2) is 0 Å². The molecule has 1 saturated carbocycles. The van der Waals surface area contributed by atoms with Gasteiger partial charge in [-0.15, -0.1) is 0 Å². The predicted molar refractivity (Wildman–Crippen MR) is 73.6 cm³/mol. The van der Waals surface area contributed by atoms with Crippen molar-refractivity contribution in [2.24, 2.45) is 23.7 Å². The SMILES string of the molecule is CC[C@@H](C)CC[C@H](C)CC1CCC(C)CC1. The van der Waals surface area contributed by atoms with Gasteiger partial charge in [0.1, 0.15) is 0 Å². The zero-order valence-corrected chi connectivity index (χ0v) is 12.0. The van der Waals surface area contributed by atoms with Crippen LogP contribution in [-0.4, -0.2) is 0 Å². The van der Waals surface area contributed by atoms with Gasteiger partial charge in [0.05, 0.1) is 0 Å². The fourth-order valence-electron chi connectivity index (χ4n) is 3.02. The molecule has 0 amide bonds. The van der Waals surface area contributed by atoms with Crippen molar-refractivity contribution in [1.29, 1.82) is 0 Å². The zero-order valence-electron chi connectivity index (χ0n) is 12.0. The first-order valence-corrected chi connectivity index (χ1v) is 7.61. The lowest BCUT2D eigenvalue weighted by molar-refractivity contribution is 0.241. The molecule has 0 heterocycles. The molecule has 1 aliphatic carbocycles. The summed E-state index contributed by atoms with van der Waals surface area (Å²) in [4.78, 5) is 0. The maximum atomic E-state index is 2.47. The summed E-state index contributed by atoms with van der Waals surface area (Å²) in [7, 11) is 0. The van der Waals surface area contributed by atoms with Crippen LogP contribution in [0.1, 0.15) is 79.1 Å². The normalized spacial score (nSPS) is 30.0. The average Bonchev–Trinajstić information content (AvgIpc) is 2.29. The van der Waals surface area contributed by atoms with Crippen molar-refractivity contribution >= 4 is 0 Å². The highest BCUT2D eigenvalue weighted by Gasteiger charge is 2.20. The average molecular weight is 224 g/mol. The van der Waals surface area contributed by atoms with E-state index in [9.17, 15) is 0 Å². The van der Waals surface area contributed by atoms with E-state index in [4.69, 9.17) is 0 Å². The van der Waals surface area contributed by atoms with Gasteiger partial charge in [0.2, 0.25) is 0 Å². The third-order valence-corrected chi connectivity index (χ3v) is 4.72. The number of hydrogen-bond donors (Lipinski definition) is 0. The van der Waals surface area contributed by atoms with E-state index < -0.39 is 0 Å². The molecular weight excluding hydrogens is 192 g/mol. The predicted octanol–water partition coefficient (Wildman–Crippen LogP) is 5.67.